The summed E-state index contributed by atoms with van der Waals surface area (Å²) >= 11 is 0. The second kappa shape index (κ2) is 5.35. The molecule has 17 heavy (non-hydrogen) atoms. The predicted molar refractivity (Wildman–Crippen MR) is 64.5 cm³/mol. The van der Waals surface area contributed by atoms with Crippen molar-refractivity contribution in [2.45, 2.75) is 25.8 Å². The smallest absolute Gasteiger partial charge is 0.225 e. The molecule has 1 aromatic rings. The maximum absolute atomic E-state index is 11.7. The summed E-state index contributed by atoms with van der Waals surface area (Å²) in [5.74, 6) is 0.541. The van der Waals surface area contributed by atoms with Gasteiger partial charge in [0.25, 0.3) is 0 Å². The van der Waals surface area contributed by atoms with Gasteiger partial charge in [0.15, 0.2) is 0 Å². The highest BCUT2D eigenvalue weighted by Gasteiger charge is 2.19. The van der Waals surface area contributed by atoms with Gasteiger partial charge in [-0.2, -0.15) is 5.26 Å². The van der Waals surface area contributed by atoms with Gasteiger partial charge in [-0.1, -0.05) is 12.1 Å². The molecule has 1 aromatic carbocycles. The van der Waals surface area contributed by atoms with Crippen molar-refractivity contribution >= 4 is 5.91 Å². The van der Waals surface area contributed by atoms with Gasteiger partial charge in [0.2, 0.25) is 5.91 Å². The Bertz CT molecular complexity index is 447. The first-order chi connectivity index (χ1) is 7.96. The van der Waals surface area contributed by atoms with Crippen LogP contribution >= 0.6 is 0 Å². The summed E-state index contributed by atoms with van der Waals surface area (Å²) in [7, 11) is 1.58. The number of benzene rings is 1. The predicted octanol–water partition coefficient (Wildman–Crippen LogP) is 1.66. The number of nitrogens with zero attached hydrogens (tertiary/aromatic N) is 1. The van der Waals surface area contributed by atoms with E-state index in [1.807, 2.05) is 24.3 Å². The lowest BCUT2D eigenvalue weighted by molar-refractivity contribution is -0.121. The molecule has 1 N–H and O–H groups in total. The molecule has 1 rings (SSSR count). The van der Waals surface area contributed by atoms with Crippen LogP contribution in [0.2, 0.25) is 0 Å². The average Bonchev–Trinajstić information content (AvgIpc) is 2.28. The van der Waals surface area contributed by atoms with Crippen LogP contribution in [0.15, 0.2) is 24.3 Å². The van der Waals surface area contributed by atoms with Crippen molar-refractivity contribution in [2.75, 3.05) is 7.11 Å². The highest BCUT2D eigenvalue weighted by Crippen LogP contribution is 2.13. The standard InChI is InChI=1S/C13H16N2O2/c1-13(2,9-14)15-12(16)8-10-5-4-6-11(7-10)17-3/h4-7H,8H2,1-3H3,(H,15,16). The summed E-state index contributed by atoms with van der Waals surface area (Å²) in [6, 6.07) is 9.33. The second-order valence-electron chi connectivity index (χ2n) is 4.31. The third kappa shape index (κ3) is 4.15. The highest BCUT2D eigenvalue weighted by atomic mass is 16.5. The molecule has 0 fully saturated rings. The molecule has 0 saturated heterocycles. The lowest BCUT2D eigenvalue weighted by Crippen LogP contribution is -2.42. The number of nitriles is 1. The summed E-state index contributed by atoms with van der Waals surface area (Å²) in [4.78, 5) is 11.7. The first-order valence-electron chi connectivity index (χ1n) is 5.32. The summed E-state index contributed by atoms with van der Waals surface area (Å²) in [6.07, 6.45) is 0.238. The number of amides is 1. The molecule has 0 bridgehead atoms. The summed E-state index contributed by atoms with van der Waals surface area (Å²) in [5.41, 5.74) is 0.0197. The van der Waals surface area contributed by atoms with E-state index in [4.69, 9.17) is 10.00 Å². The molecule has 0 spiro atoms. The van der Waals surface area contributed by atoms with Gasteiger partial charge in [0.1, 0.15) is 11.3 Å². The van der Waals surface area contributed by atoms with Crippen molar-refractivity contribution in [3.05, 3.63) is 29.8 Å². The van der Waals surface area contributed by atoms with E-state index in [-0.39, 0.29) is 12.3 Å². The van der Waals surface area contributed by atoms with Crippen molar-refractivity contribution < 1.29 is 9.53 Å². The van der Waals surface area contributed by atoms with Crippen LogP contribution in [0.4, 0.5) is 0 Å². The van der Waals surface area contributed by atoms with Crippen LogP contribution in [-0.2, 0) is 11.2 Å². The van der Waals surface area contributed by atoms with Crippen molar-refractivity contribution in [2.24, 2.45) is 0 Å². The third-order valence-electron chi connectivity index (χ3n) is 2.23. The number of nitrogens with one attached hydrogen (secondary N) is 1. The molecule has 0 aliphatic carbocycles. The van der Waals surface area contributed by atoms with Gasteiger partial charge in [-0.25, -0.2) is 0 Å². The zero-order valence-corrected chi connectivity index (χ0v) is 10.3. The third-order valence-corrected chi connectivity index (χ3v) is 2.23. The summed E-state index contributed by atoms with van der Waals surface area (Å²) < 4.78 is 5.07. The van der Waals surface area contributed by atoms with Gasteiger partial charge in [0, 0.05) is 0 Å². The Morgan fingerprint density at radius 1 is 1.53 bits per heavy atom. The number of rotatable bonds is 4. The molecule has 0 aliphatic rings. The molecular weight excluding hydrogens is 216 g/mol. The van der Waals surface area contributed by atoms with Gasteiger partial charge in [-0.15, -0.1) is 0 Å². The Morgan fingerprint density at radius 3 is 2.82 bits per heavy atom. The lowest BCUT2D eigenvalue weighted by Gasteiger charge is -2.17. The SMILES string of the molecule is COc1cccc(CC(=O)NC(C)(C)C#N)c1. The van der Waals surface area contributed by atoms with Crippen LogP contribution in [0.25, 0.3) is 0 Å². The maximum Gasteiger partial charge on any atom is 0.225 e. The van der Waals surface area contributed by atoms with E-state index < -0.39 is 5.54 Å². The van der Waals surface area contributed by atoms with Gasteiger partial charge in [-0.05, 0) is 31.5 Å². The molecule has 0 saturated carbocycles. The fourth-order valence-corrected chi connectivity index (χ4v) is 1.39. The Labute approximate surface area is 101 Å². The number of hydrogen-bond acceptors (Lipinski definition) is 3. The molecule has 90 valence electrons. The van der Waals surface area contributed by atoms with Gasteiger partial charge in [0.05, 0.1) is 19.6 Å². The van der Waals surface area contributed by atoms with Crippen LogP contribution < -0.4 is 10.1 Å². The molecule has 1 amide bonds. The number of carbonyl (C=O) groups is 1. The minimum atomic E-state index is -0.837. The van der Waals surface area contributed by atoms with Crippen molar-refractivity contribution in [1.29, 1.82) is 5.26 Å². The topological polar surface area (TPSA) is 62.1 Å². The zero-order valence-electron chi connectivity index (χ0n) is 10.3. The van der Waals surface area contributed by atoms with E-state index in [0.29, 0.717) is 0 Å². The molecule has 0 atom stereocenters. The molecule has 0 heterocycles. The molecule has 0 radical (unpaired) electrons. The van der Waals surface area contributed by atoms with E-state index in [2.05, 4.69) is 5.32 Å². The quantitative estimate of drug-likeness (QED) is 0.858. The van der Waals surface area contributed by atoms with Crippen molar-refractivity contribution in [1.82, 2.24) is 5.32 Å². The summed E-state index contributed by atoms with van der Waals surface area (Å²) in [6.45, 7) is 3.33. The number of carbonyl (C=O) groups excluding carboxylic acids is 1. The van der Waals surface area contributed by atoms with E-state index >= 15 is 0 Å². The number of hydrogen-bond donors (Lipinski definition) is 1. The summed E-state index contributed by atoms with van der Waals surface area (Å²) in [5, 5.41) is 11.5. The normalized spacial score (nSPS) is 10.5. The molecule has 0 aromatic heterocycles. The van der Waals surface area contributed by atoms with Crippen LogP contribution in [-0.4, -0.2) is 18.6 Å². The van der Waals surface area contributed by atoms with E-state index in [9.17, 15) is 4.79 Å². The van der Waals surface area contributed by atoms with Crippen LogP contribution in [0, 0.1) is 11.3 Å². The first kappa shape index (κ1) is 13.0. The van der Waals surface area contributed by atoms with Gasteiger partial charge >= 0.3 is 0 Å². The first-order valence-corrected chi connectivity index (χ1v) is 5.32. The van der Waals surface area contributed by atoms with Crippen molar-refractivity contribution in [3.63, 3.8) is 0 Å². The Kier molecular flexibility index (Phi) is 4.11. The molecule has 0 aliphatic heterocycles. The largest absolute Gasteiger partial charge is 0.497 e. The monoisotopic (exact) mass is 232 g/mol. The Morgan fingerprint density at radius 2 is 2.24 bits per heavy atom. The van der Waals surface area contributed by atoms with Gasteiger partial charge < -0.3 is 10.1 Å². The number of methoxy groups -OCH3 is 1. The average molecular weight is 232 g/mol. The maximum atomic E-state index is 11.7. The zero-order chi connectivity index (χ0) is 12.9. The highest BCUT2D eigenvalue weighted by molar-refractivity contribution is 5.79. The fourth-order valence-electron chi connectivity index (χ4n) is 1.39. The second-order valence-corrected chi connectivity index (χ2v) is 4.31. The van der Waals surface area contributed by atoms with Crippen LogP contribution in [0.1, 0.15) is 19.4 Å². The molecule has 4 nitrogen and oxygen atoms in total. The minimum absolute atomic E-state index is 0.176. The minimum Gasteiger partial charge on any atom is -0.497 e. The van der Waals surface area contributed by atoms with Gasteiger partial charge in [-0.3, -0.25) is 4.79 Å². The molecule has 0 unspecified atom stereocenters. The van der Waals surface area contributed by atoms with Crippen molar-refractivity contribution in [3.8, 4) is 11.8 Å². The fraction of sp³-hybridized carbons (Fsp3) is 0.385. The Hall–Kier alpha value is -2.02. The number of ether oxygens (including phenoxy) is 1. The molecular formula is C13H16N2O2. The van der Waals surface area contributed by atoms with E-state index in [1.54, 1.807) is 27.0 Å². The lowest BCUT2D eigenvalue weighted by atomic mass is 10.1. The van der Waals surface area contributed by atoms with Crippen LogP contribution in [0.3, 0.4) is 0 Å². The Balaban J connectivity index is 2.66. The van der Waals surface area contributed by atoms with E-state index in [0.717, 1.165) is 11.3 Å². The van der Waals surface area contributed by atoms with E-state index in [1.165, 1.54) is 0 Å². The molecule has 4 heteroatoms. The van der Waals surface area contributed by atoms with Crippen LogP contribution in [0.5, 0.6) is 5.75 Å².